The van der Waals surface area contributed by atoms with E-state index in [9.17, 15) is 4.79 Å². The standard InChI is InChI=1S/C18H36N4O2.HI/c1-4-5-12-19-18(21-15-17(23)22(2)3)20-13-14-24-16-10-8-6-7-9-11-16;/h16H,4-15H2,1-3H3,(H2,19,20,21);1H. The van der Waals surface area contributed by atoms with Gasteiger partial charge in [-0.1, -0.05) is 39.0 Å². The number of halogens is 1. The molecule has 1 aliphatic rings. The highest BCUT2D eigenvalue weighted by Crippen LogP contribution is 2.19. The van der Waals surface area contributed by atoms with Crippen LogP contribution < -0.4 is 10.6 Å². The molecule has 0 bridgehead atoms. The molecule has 0 aromatic rings. The number of likely N-dealkylation sites (N-methyl/N-ethyl adjacent to an activating group) is 1. The van der Waals surface area contributed by atoms with Gasteiger partial charge in [0.25, 0.3) is 0 Å². The molecule has 0 atom stereocenters. The minimum Gasteiger partial charge on any atom is -0.376 e. The first-order chi connectivity index (χ1) is 11.6. The molecule has 0 heterocycles. The second-order valence-corrected chi connectivity index (χ2v) is 6.64. The topological polar surface area (TPSA) is 66.0 Å². The zero-order chi connectivity index (χ0) is 17.6. The van der Waals surface area contributed by atoms with E-state index in [-0.39, 0.29) is 36.4 Å². The van der Waals surface area contributed by atoms with Crippen molar-refractivity contribution < 1.29 is 9.53 Å². The van der Waals surface area contributed by atoms with E-state index >= 15 is 0 Å². The third-order valence-corrected chi connectivity index (χ3v) is 4.24. The molecule has 0 saturated heterocycles. The lowest BCUT2D eigenvalue weighted by Gasteiger charge is -2.17. The Kier molecular flexibility index (Phi) is 15.3. The minimum atomic E-state index is 0. The number of rotatable bonds is 9. The van der Waals surface area contributed by atoms with Crippen LogP contribution in [0.4, 0.5) is 0 Å². The van der Waals surface area contributed by atoms with Gasteiger partial charge in [0.1, 0.15) is 6.54 Å². The van der Waals surface area contributed by atoms with E-state index in [0.717, 1.165) is 19.4 Å². The second-order valence-electron chi connectivity index (χ2n) is 6.64. The van der Waals surface area contributed by atoms with Crippen molar-refractivity contribution in [3.05, 3.63) is 0 Å². The highest BCUT2D eigenvalue weighted by molar-refractivity contribution is 14.0. The van der Waals surface area contributed by atoms with E-state index in [1.807, 2.05) is 0 Å². The van der Waals surface area contributed by atoms with Crippen LogP contribution in [0.25, 0.3) is 0 Å². The van der Waals surface area contributed by atoms with Gasteiger partial charge in [-0.25, -0.2) is 4.99 Å². The fourth-order valence-electron chi connectivity index (χ4n) is 2.65. The van der Waals surface area contributed by atoms with Crippen molar-refractivity contribution in [2.45, 2.75) is 64.4 Å². The molecule has 148 valence electrons. The van der Waals surface area contributed by atoms with Crippen LogP contribution in [0.5, 0.6) is 0 Å². The molecule has 0 aromatic carbocycles. The maximum Gasteiger partial charge on any atom is 0.243 e. The van der Waals surface area contributed by atoms with Gasteiger partial charge in [-0.3, -0.25) is 4.79 Å². The van der Waals surface area contributed by atoms with Crippen molar-refractivity contribution in [3.63, 3.8) is 0 Å². The molecule has 0 aromatic heterocycles. The molecule has 7 heteroatoms. The van der Waals surface area contributed by atoms with Crippen LogP contribution in [0.3, 0.4) is 0 Å². The van der Waals surface area contributed by atoms with Crippen LogP contribution in [0.1, 0.15) is 58.3 Å². The predicted molar refractivity (Wildman–Crippen MR) is 115 cm³/mol. The van der Waals surface area contributed by atoms with Gasteiger partial charge in [0.15, 0.2) is 5.96 Å². The zero-order valence-corrected chi connectivity index (χ0v) is 18.5. The minimum absolute atomic E-state index is 0. The lowest BCUT2D eigenvalue weighted by atomic mass is 10.1. The Morgan fingerprint density at radius 3 is 2.36 bits per heavy atom. The summed E-state index contributed by atoms with van der Waals surface area (Å²) in [6.45, 7) is 4.58. The van der Waals surface area contributed by atoms with Gasteiger partial charge in [0, 0.05) is 27.2 Å². The number of unbranched alkanes of at least 4 members (excludes halogenated alkanes) is 1. The van der Waals surface area contributed by atoms with E-state index < -0.39 is 0 Å². The fourth-order valence-corrected chi connectivity index (χ4v) is 2.65. The molecule has 0 aliphatic heterocycles. The lowest BCUT2D eigenvalue weighted by molar-refractivity contribution is -0.127. The molecule has 0 radical (unpaired) electrons. The SMILES string of the molecule is CCCCNC(=NCC(=O)N(C)C)NCCOC1CCCCCC1.I. The molecular formula is C18H37IN4O2. The van der Waals surface area contributed by atoms with E-state index in [1.54, 1.807) is 19.0 Å². The summed E-state index contributed by atoms with van der Waals surface area (Å²) >= 11 is 0. The number of nitrogens with zero attached hydrogens (tertiary/aromatic N) is 2. The van der Waals surface area contributed by atoms with Gasteiger partial charge >= 0.3 is 0 Å². The average molecular weight is 468 g/mol. The Bertz CT molecular complexity index is 370. The van der Waals surface area contributed by atoms with Crippen LogP contribution >= 0.6 is 24.0 Å². The van der Waals surface area contributed by atoms with Crippen molar-refractivity contribution in [2.24, 2.45) is 4.99 Å². The van der Waals surface area contributed by atoms with Crippen LogP contribution in [-0.2, 0) is 9.53 Å². The van der Waals surface area contributed by atoms with Gasteiger partial charge in [0.05, 0.1) is 12.7 Å². The molecule has 1 amide bonds. The van der Waals surface area contributed by atoms with Gasteiger partial charge in [-0.05, 0) is 19.3 Å². The normalized spacial score (nSPS) is 15.9. The van der Waals surface area contributed by atoms with Crippen LogP contribution in [-0.4, -0.2) is 63.2 Å². The molecule has 25 heavy (non-hydrogen) atoms. The van der Waals surface area contributed by atoms with Crippen LogP contribution in [0.2, 0.25) is 0 Å². The van der Waals surface area contributed by atoms with Gasteiger partial charge in [-0.2, -0.15) is 0 Å². The summed E-state index contributed by atoms with van der Waals surface area (Å²) in [7, 11) is 3.49. The Hall–Kier alpha value is -0.570. The van der Waals surface area contributed by atoms with E-state index in [2.05, 4.69) is 22.5 Å². The molecule has 1 aliphatic carbocycles. The summed E-state index contributed by atoms with van der Waals surface area (Å²) < 4.78 is 5.98. The fraction of sp³-hybridized carbons (Fsp3) is 0.889. The van der Waals surface area contributed by atoms with E-state index in [4.69, 9.17) is 4.74 Å². The number of carbonyl (C=O) groups is 1. The average Bonchev–Trinajstić information content (AvgIpc) is 2.84. The lowest BCUT2D eigenvalue weighted by Crippen LogP contribution is -2.40. The Labute approximate surface area is 170 Å². The number of ether oxygens (including phenoxy) is 1. The predicted octanol–water partition coefficient (Wildman–Crippen LogP) is 2.77. The van der Waals surface area contributed by atoms with E-state index in [1.165, 1.54) is 38.5 Å². The number of amides is 1. The number of hydrogen-bond donors (Lipinski definition) is 2. The third-order valence-electron chi connectivity index (χ3n) is 4.24. The monoisotopic (exact) mass is 468 g/mol. The smallest absolute Gasteiger partial charge is 0.243 e. The molecule has 2 N–H and O–H groups in total. The number of hydrogen-bond acceptors (Lipinski definition) is 3. The summed E-state index contributed by atoms with van der Waals surface area (Å²) in [4.78, 5) is 17.6. The van der Waals surface area contributed by atoms with Gasteiger partial charge in [0.2, 0.25) is 5.91 Å². The van der Waals surface area contributed by atoms with Gasteiger partial charge in [-0.15, -0.1) is 24.0 Å². The summed E-state index contributed by atoms with van der Waals surface area (Å²) in [5.74, 6) is 0.699. The number of guanidine groups is 1. The maximum absolute atomic E-state index is 11.7. The van der Waals surface area contributed by atoms with Crippen LogP contribution in [0, 0.1) is 0 Å². The molecule has 0 unspecified atom stereocenters. The Morgan fingerprint density at radius 1 is 1.12 bits per heavy atom. The molecular weight excluding hydrogens is 431 g/mol. The first kappa shape index (κ1) is 24.4. The van der Waals surface area contributed by atoms with E-state index in [0.29, 0.717) is 25.2 Å². The van der Waals surface area contributed by atoms with Gasteiger partial charge < -0.3 is 20.3 Å². The molecule has 1 fully saturated rings. The largest absolute Gasteiger partial charge is 0.376 e. The molecule has 6 nitrogen and oxygen atoms in total. The van der Waals surface area contributed by atoms with Crippen molar-refractivity contribution in [1.82, 2.24) is 15.5 Å². The molecule has 0 spiro atoms. The highest BCUT2D eigenvalue weighted by Gasteiger charge is 2.12. The van der Waals surface area contributed by atoms with Crippen molar-refractivity contribution in [1.29, 1.82) is 0 Å². The number of nitrogens with one attached hydrogen (secondary N) is 2. The van der Waals surface area contributed by atoms with Crippen molar-refractivity contribution >= 4 is 35.8 Å². The summed E-state index contributed by atoms with van der Waals surface area (Å²) in [5.41, 5.74) is 0. The molecule has 1 saturated carbocycles. The first-order valence-corrected chi connectivity index (χ1v) is 9.47. The third kappa shape index (κ3) is 12.4. The Morgan fingerprint density at radius 2 is 1.76 bits per heavy atom. The Balaban J connectivity index is 0.00000576. The molecule has 1 rings (SSSR count). The summed E-state index contributed by atoms with van der Waals surface area (Å²) in [5, 5.41) is 6.55. The summed E-state index contributed by atoms with van der Waals surface area (Å²) in [6.07, 6.45) is 10.3. The number of carbonyl (C=O) groups excluding carboxylic acids is 1. The zero-order valence-electron chi connectivity index (χ0n) is 16.2. The van der Waals surface area contributed by atoms with Crippen molar-refractivity contribution in [3.8, 4) is 0 Å². The number of aliphatic imine (C=N–C) groups is 1. The summed E-state index contributed by atoms with van der Waals surface area (Å²) in [6, 6.07) is 0. The first-order valence-electron chi connectivity index (χ1n) is 9.47. The van der Waals surface area contributed by atoms with Crippen LogP contribution in [0.15, 0.2) is 4.99 Å². The second kappa shape index (κ2) is 15.7. The maximum atomic E-state index is 11.7. The quantitative estimate of drug-likeness (QED) is 0.180. The highest BCUT2D eigenvalue weighted by atomic mass is 127. The van der Waals surface area contributed by atoms with Crippen molar-refractivity contribution in [2.75, 3.05) is 40.3 Å².